The Morgan fingerprint density at radius 3 is 1.22 bits per heavy atom. The predicted octanol–water partition coefficient (Wildman–Crippen LogP) is 12.1. The first-order chi connectivity index (χ1) is 25.8. The maximum absolute atomic E-state index is 10.2. The van der Waals surface area contributed by atoms with Crippen LogP contribution in [0.3, 0.4) is 0 Å². The number of benzene rings is 4. The summed E-state index contributed by atoms with van der Waals surface area (Å²) in [6.45, 7) is 27.7. The number of hydrogen-bond donors (Lipinski definition) is 3. The van der Waals surface area contributed by atoms with E-state index in [0.717, 1.165) is 66.5 Å². The SMILES string of the molecule is Cc1cc([P@@](C[Si](C)(C)C)(=Nc2ccc(C(C)C)cc2)OCCO)c2[nH]c3c([P@](C[Si](C)(C)C)(=Nc4ccc(C(C)C)cc4)OCCO)cc(C)cc3c2c1. The summed E-state index contributed by atoms with van der Waals surface area (Å²) in [5.41, 5.74) is 8.67. The highest BCUT2D eigenvalue weighted by molar-refractivity contribution is 7.72. The van der Waals surface area contributed by atoms with Crippen LogP contribution in [-0.2, 0) is 9.05 Å². The third kappa shape index (κ3) is 10.5. The van der Waals surface area contributed by atoms with Gasteiger partial charge >= 0.3 is 0 Å². The first kappa shape index (κ1) is 43.5. The summed E-state index contributed by atoms with van der Waals surface area (Å²) in [6.07, 6.45) is 0. The van der Waals surface area contributed by atoms with Crippen molar-refractivity contribution in [2.24, 2.45) is 9.49 Å². The van der Waals surface area contributed by atoms with Crippen LogP contribution in [0, 0.1) is 13.8 Å². The number of H-pyrrole nitrogens is 1. The summed E-state index contributed by atoms with van der Waals surface area (Å²) >= 11 is 0. The average molecular weight is 818 g/mol. The lowest BCUT2D eigenvalue weighted by Crippen LogP contribution is -2.31. The Balaban J connectivity index is 1.92. The van der Waals surface area contributed by atoms with Gasteiger partial charge in [-0.05, 0) is 96.5 Å². The molecule has 2 atom stereocenters. The van der Waals surface area contributed by atoms with Crippen molar-refractivity contribution in [2.45, 2.75) is 92.7 Å². The quantitative estimate of drug-likeness (QED) is 0.0682. The summed E-state index contributed by atoms with van der Waals surface area (Å²) in [6, 6.07) is 26.3. The number of aromatic nitrogens is 1. The Morgan fingerprint density at radius 2 is 0.927 bits per heavy atom. The third-order valence-corrected chi connectivity index (χ3v) is 25.2. The number of aliphatic hydroxyl groups is 2. The van der Waals surface area contributed by atoms with Crippen LogP contribution in [0.1, 0.15) is 61.8 Å². The summed E-state index contributed by atoms with van der Waals surface area (Å²) in [4.78, 5) is 4.01. The predicted molar refractivity (Wildman–Crippen MR) is 246 cm³/mol. The molecule has 7 nitrogen and oxygen atoms in total. The van der Waals surface area contributed by atoms with Crippen molar-refractivity contribution >= 4 is 74.5 Å². The maximum atomic E-state index is 10.2. The number of nitrogens with zero attached hydrogens (tertiary/aromatic N) is 2. The minimum Gasteiger partial charge on any atom is -0.394 e. The van der Waals surface area contributed by atoms with E-state index in [0.29, 0.717) is 11.8 Å². The number of rotatable bonds is 16. The molecule has 0 spiro atoms. The molecular weight excluding hydrogens is 753 g/mol. The molecule has 55 heavy (non-hydrogen) atoms. The molecule has 0 saturated heterocycles. The van der Waals surface area contributed by atoms with Gasteiger partial charge in [-0.1, -0.05) is 91.2 Å². The van der Waals surface area contributed by atoms with E-state index in [-0.39, 0.29) is 26.4 Å². The van der Waals surface area contributed by atoms with Crippen LogP contribution >= 0.6 is 14.6 Å². The van der Waals surface area contributed by atoms with Crippen LogP contribution in [0.5, 0.6) is 0 Å². The average Bonchev–Trinajstić information content (AvgIpc) is 3.45. The van der Waals surface area contributed by atoms with Crippen molar-refractivity contribution in [3.05, 3.63) is 95.1 Å². The van der Waals surface area contributed by atoms with Crippen LogP contribution in [-0.4, -0.2) is 69.3 Å². The zero-order chi connectivity index (χ0) is 40.3. The minimum absolute atomic E-state index is 0.0776. The number of aliphatic hydroxyl groups excluding tert-OH is 2. The molecule has 0 fully saturated rings. The van der Waals surface area contributed by atoms with Gasteiger partial charge in [0.2, 0.25) is 0 Å². The van der Waals surface area contributed by atoms with Gasteiger partial charge < -0.3 is 24.2 Å². The van der Waals surface area contributed by atoms with Crippen LogP contribution in [0.4, 0.5) is 11.4 Å². The summed E-state index contributed by atoms with van der Waals surface area (Å²) in [5, 5.41) is 24.9. The zero-order valence-corrected chi connectivity index (χ0v) is 39.1. The molecule has 0 aliphatic heterocycles. The summed E-state index contributed by atoms with van der Waals surface area (Å²) < 4.78 is 25.2. The lowest BCUT2D eigenvalue weighted by atomic mass is 10.0. The van der Waals surface area contributed by atoms with Crippen molar-refractivity contribution in [2.75, 3.05) is 38.0 Å². The zero-order valence-electron chi connectivity index (χ0n) is 35.3. The Morgan fingerprint density at radius 1 is 0.582 bits per heavy atom. The van der Waals surface area contributed by atoms with E-state index in [1.54, 1.807) is 0 Å². The van der Waals surface area contributed by atoms with Crippen molar-refractivity contribution in [1.29, 1.82) is 0 Å². The molecule has 5 rings (SSSR count). The van der Waals surface area contributed by atoms with Crippen LogP contribution in [0.2, 0.25) is 39.3 Å². The number of fused-ring (bicyclic) bond motifs is 3. The molecule has 0 unspecified atom stereocenters. The fourth-order valence-electron chi connectivity index (χ4n) is 7.43. The molecule has 3 N–H and O–H groups in total. The monoisotopic (exact) mass is 817 g/mol. The number of hydrogen-bond acceptors (Lipinski definition) is 6. The van der Waals surface area contributed by atoms with Crippen LogP contribution in [0.25, 0.3) is 21.8 Å². The standard InChI is InChI=1S/C44H65N3O4P2Si2/c1-31(2)35-13-17-37(18-14-35)46-52(50-23-21-48,29-54(7,8)9)41-27-33(5)25-39-40-26-34(6)28-42(44(40)45-43(39)41)53(51-24-22-49,30-55(10,11)12)47-38-19-15-36(16-20-38)32(3)4/h13-20,25-28,31-32,45,48-49H,21-24,29-30H2,1-12H3/t52-,53+. The molecule has 0 radical (unpaired) electrons. The van der Waals surface area contributed by atoms with Gasteiger partial charge in [0.1, 0.15) is 14.6 Å². The molecular formula is C44H65N3O4P2Si2. The molecule has 0 bridgehead atoms. The van der Waals surface area contributed by atoms with Gasteiger partial charge in [-0.15, -0.1) is 0 Å². The largest absolute Gasteiger partial charge is 0.394 e. The van der Waals surface area contributed by atoms with Gasteiger partial charge in [0.05, 0.1) is 65.0 Å². The van der Waals surface area contributed by atoms with E-state index >= 15 is 0 Å². The molecule has 1 aromatic heterocycles. The minimum atomic E-state index is -2.74. The van der Waals surface area contributed by atoms with Gasteiger partial charge in [-0.2, -0.15) is 0 Å². The fraction of sp³-hybridized carbons (Fsp3) is 0.455. The molecule has 1 heterocycles. The fourth-order valence-corrected chi connectivity index (χ4v) is 24.6. The van der Waals surface area contributed by atoms with Crippen molar-refractivity contribution in [1.82, 2.24) is 4.98 Å². The van der Waals surface area contributed by atoms with E-state index in [1.165, 1.54) is 11.1 Å². The lowest BCUT2D eigenvalue weighted by Gasteiger charge is -2.31. The summed E-state index contributed by atoms with van der Waals surface area (Å²) in [7, 11) is -9.10. The molecule has 0 amide bonds. The first-order valence-electron chi connectivity index (χ1n) is 19.8. The lowest BCUT2D eigenvalue weighted by molar-refractivity contribution is 0.213. The molecule has 11 heteroatoms. The smallest absolute Gasteiger partial charge is 0.119 e. The van der Waals surface area contributed by atoms with Gasteiger partial charge in [-0.3, -0.25) is 0 Å². The van der Waals surface area contributed by atoms with E-state index in [9.17, 15) is 10.2 Å². The highest BCUT2D eigenvalue weighted by Gasteiger charge is 2.36. The van der Waals surface area contributed by atoms with Gasteiger partial charge in [0.25, 0.3) is 0 Å². The van der Waals surface area contributed by atoms with Crippen molar-refractivity contribution < 1.29 is 19.3 Å². The van der Waals surface area contributed by atoms with E-state index in [1.807, 2.05) is 0 Å². The van der Waals surface area contributed by atoms with Crippen molar-refractivity contribution in [3.8, 4) is 0 Å². The van der Waals surface area contributed by atoms with Gasteiger partial charge in [0, 0.05) is 33.0 Å². The second-order valence-corrected chi connectivity index (χ2v) is 35.6. The van der Waals surface area contributed by atoms with Crippen molar-refractivity contribution in [3.63, 3.8) is 0 Å². The maximum Gasteiger partial charge on any atom is 0.119 e. The second-order valence-electron chi connectivity index (χ2n) is 18.2. The highest BCUT2D eigenvalue weighted by Crippen LogP contribution is 2.58. The summed E-state index contributed by atoms with van der Waals surface area (Å²) in [5.74, 6) is 2.51. The third-order valence-electron chi connectivity index (χ3n) is 9.66. The molecule has 0 aliphatic carbocycles. The first-order valence-corrected chi connectivity index (χ1v) is 30.9. The number of aromatic amines is 1. The molecule has 298 valence electrons. The highest BCUT2D eigenvalue weighted by atomic mass is 31.2. The Labute approximate surface area is 332 Å². The topological polar surface area (TPSA) is 99.4 Å². The second kappa shape index (κ2) is 17.5. The molecule has 0 saturated carbocycles. The number of nitrogens with one attached hydrogen (secondary N) is 1. The Bertz CT molecular complexity index is 2060. The van der Waals surface area contributed by atoms with E-state index < -0.39 is 30.7 Å². The van der Waals surface area contributed by atoms with Crippen LogP contribution in [0.15, 0.2) is 82.3 Å². The Hall–Kier alpha value is -2.59. The van der Waals surface area contributed by atoms with Gasteiger partial charge in [0.15, 0.2) is 0 Å². The van der Waals surface area contributed by atoms with Gasteiger partial charge in [-0.25, -0.2) is 9.49 Å². The molecule has 4 aromatic carbocycles. The van der Waals surface area contributed by atoms with Crippen LogP contribution < -0.4 is 10.6 Å². The normalized spacial score (nSPS) is 14.8. The number of aryl methyl sites for hydroxylation is 2. The molecule has 5 aromatic rings. The molecule has 0 aliphatic rings. The van der Waals surface area contributed by atoms with E-state index in [2.05, 4.69) is 159 Å². The Kier molecular flexibility index (Phi) is 13.9. The van der Waals surface area contributed by atoms with E-state index in [4.69, 9.17) is 18.5 Å².